The number of pyridine rings is 1. The van der Waals surface area contributed by atoms with E-state index >= 15 is 0 Å². The van der Waals surface area contributed by atoms with Gasteiger partial charge in [-0.25, -0.2) is 9.37 Å². The minimum atomic E-state index is -0.460. The lowest BCUT2D eigenvalue weighted by atomic mass is 10.1. The second-order valence-corrected chi connectivity index (χ2v) is 7.23. The van der Waals surface area contributed by atoms with Crippen molar-refractivity contribution in [3.8, 4) is 11.9 Å². The van der Waals surface area contributed by atoms with Gasteiger partial charge in [0, 0.05) is 51.6 Å². The van der Waals surface area contributed by atoms with E-state index in [0.29, 0.717) is 55.0 Å². The second-order valence-electron chi connectivity index (χ2n) is 6.79. The zero-order valence-electron chi connectivity index (χ0n) is 15.9. The molecular weight excluding hydrogens is 383 g/mol. The largest absolute Gasteiger partial charge is 0.475 e. The maximum absolute atomic E-state index is 14.8. The van der Waals surface area contributed by atoms with E-state index in [4.69, 9.17) is 21.1 Å². The molecule has 1 unspecified atom stereocenters. The Labute approximate surface area is 169 Å². The molecule has 148 valence electrons. The molecule has 1 saturated heterocycles. The highest BCUT2D eigenvalue weighted by Gasteiger charge is 2.23. The molecule has 8 heteroatoms. The molecule has 3 rings (SSSR count). The van der Waals surface area contributed by atoms with Crippen LogP contribution in [0.4, 0.5) is 10.1 Å². The Balaban J connectivity index is 1.62. The predicted octanol–water partition coefficient (Wildman–Crippen LogP) is 3.09. The summed E-state index contributed by atoms with van der Waals surface area (Å²) >= 11 is 5.82. The predicted molar refractivity (Wildman–Crippen MR) is 105 cm³/mol. The summed E-state index contributed by atoms with van der Waals surface area (Å²) in [4.78, 5) is 7.93. The number of morpholine rings is 1. The third kappa shape index (κ3) is 4.90. The van der Waals surface area contributed by atoms with Crippen molar-refractivity contribution in [1.82, 2.24) is 9.88 Å². The van der Waals surface area contributed by atoms with Crippen LogP contribution in [0.5, 0.6) is 5.88 Å². The van der Waals surface area contributed by atoms with E-state index < -0.39 is 5.82 Å². The molecule has 1 atom stereocenters. The van der Waals surface area contributed by atoms with Crippen LogP contribution in [0.15, 0.2) is 30.5 Å². The van der Waals surface area contributed by atoms with Gasteiger partial charge in [0.15, 0.2) is 0 Å². The van der Waals surface area contributed by atoms with Crippen LogP contribution < -0.4 is 9.64 Å². The van der Waals surface area contributed by atoms with Crippen LogP contribution in [0, 0.1) is 17.1 Å². The summed E-state index contributed by atoms with van der Waals surface area (Å²) in [6.07, 6.45) is 1.38. The van der Waals surface area contributed by atoms with Crippen LogP contribution in [0.3, 0.4) is 0 Å². The van der Waals surface area contributed by atoms with Crippen molar-refractivity contribution in [2.75, 3.05) is 45.3 Å². The fourth-order valence-corrected chi connectivity index (χ4v) is 3.21. The molecule has 1 aromatic carbocycles. The number of hydrogen-bond acceptors (Lipinski definition) is 6. The SMILES string of the molecule is CN(C)c1ccc(CN2CCOC(COc3ccc(Cl)cn3)C2)c(F)c1C#N. The Bertz CT molecular complexity index is 855. The van der Waals surface area contributed by atoms with Crippen LogP contribution in [0.25, 0.3) is 0 Å². The standard InChI is InChI=1S/C20H22ClFN4O2/c1-25(2)18-5-3-14(20(22)17(18)9-23)11-26-7-8-27-16(12-26)13-28-19-6-4-15(21)10-24-19/h3-6,10,16H,7-8,11-13H2,1-2H3. The quantitative estimate of drug-likeness (QED) is 0.737. The molecule has 1 aliphatic heterocycles. The van der Waals surface area contributed by atoms with E-state index in [2.05, 4.69) is 9.88 Å². The number of anilines is 1. The topological polar surface area (TPSA) is 61.6 Å². The lowest BCUT2D eigenvalue weighted by Crippen LogP contribution is -2.44. The third-order valence-electron chi connectivity index (χ3n) is 4.53. The Morgan fingerprint density at radius 3 is 2.89 bits per heavy atom. The van der Waals surface area contributed by atoms with Gasteiger partial charge in [-0.3, -0.25) is 4.90 Å². The maximum Gasteiger partial charge on any atom is 0.213 e. The van der Waals surface area contributed by atoms with Crippen molar-refractivity contribution >= 4 is 17.3 Å². The molecule has 0 amide bonds. The lowest BCUT2D eigenvalue weighted by molar-refractivity contribution is -0.0512. The van der Waals surface area contributed by atoms with Crippen molar-refractivity contribution in [2.24, 2.45) is 0 Å². The van der Waals surface area contributed by atoms with Gasteiger partial charge in [0.25, 0.3) is 0 Å². The molecule has 0 spiro atoms. The van der Waals surface area contributed by atoms with E-state index in [1.54, 1.807) is 43.3 Å². The summed E-state index contributed by atoms with van der Waals surface area (Å²) in [6.45, 7) is 2.57. The monoisotopic (exact) mass is 404 g/mol. The average Bonchev–Trinajstić information content (AvgIpc) is 2.69. The van der Waals surface area contributed by atoms with E-state index in [9.17, 15) is 9.65 Å². The number of hydrogen-bond donors (Lipinski definition) is 0. The molecule has 0 saturated carbocycles. The van der Waals surface area contributed by atoms with Crippen molar-refractivity contribution in [1.29, 1.82) is 5.26 Å². The summed E-state index contributed by atoms with van der Waals surface area (Å²) < 4.78 is 26.2. The third-order valence-corrected chi connectivity index (χ3v) is 4.75. The van der Waals surface area contributed by atoms with Gasteiger partial charge in [-0.15, -0.1) is 0 Å². The Hall–Kier alpha value is -2.40. The van der Waals surface area contributed by atoms with Crippen molar-refractivity contribution in [2.45, 2.75) is 12.6 Å². The molecule has 0 N–H and O–H groups in total. The molecule has 2 heterocycles. The molecule has 1 fully saturated rings. The van der Waals surface area contributed by atoms with Crippen LogP contribution in [0.2, 0.25) is 5.02 Å². The molecule has 0 bridgehead atoms. The molecule has 2 aromatic rings. The normalized spacial score (nSPS) is 17.2. The maximum atomic E-state index is 14.8. The van der Waals surface area contributed by atoms with Gasteiger partial charge in [0.05, 0.1) is 17.3 Å². The first-order chi connectivity index (χ1) is 13.5. The van der Waals surface area contributed by atoms with E-state index in [1.807, 2.05) is 6.07 Å². The summed E-state index contributed by atoms with van der Waals surface area (Å²) in [7, 11) is 3.58. The molecule has 6 nitrogen and oxygen atoms in total. The highest BCUT2D eigenvalue weighted by atomic mass is 35.5. The fraction of sp³-hybridized carbons (Fsp3) is 0.400. The molecule has 1 aromatic heterocycles. The van der Waals surface area contributed by atoms with Gasteiger partial charge < -0.3 is 14.4 Å². The first-order valence-corrected chi connectivity index (χ1v) is 9.33. The fourth-order valence-electron chi connectivity index (χ4n) is 3.10. The Morgan fingerprint density at radius 1 is 1.39 bits per heavy atom. The van der Waals surface area contributed by atoms with Crippen LogP contribution in [-0.4, -0.2) is 56.4 Å². The van der Waals surface area contributed by atoms with Gasteiger partial charge >= 0.3 is 0 Å². The minimum Gasteiger partial charge on any atom is -0.475 e. The molecule has 0 aliphatic carbocycles. The van der Waals surface area contributed by atoms with Gasteiger partial charge in [0.2, 0.25) is 5.88 Å². The Morgan fingerprint density at radius 2 is 2.21 bits per heavy atom. The van der Waals surface area contributed by atoms with Gasteiger partial charge in [-0.2, -0.15) is 5.26 Å². The Kier molecular flexibility index (Phi) is 6.68. The van der Waals surface area contributed by atoms with Crippen molar-refractivity contribution in [3.63, 3.8) is 0 Å². The van der Waals surface area contributed by atoms with Crippen LogP contribution >= 0.6 is 11.6 Å². The van der Waals surface area contributed by atoms with Gasteiger partial charge in [-0.05, 0) is 12.1 Å². The van der Waals surface area contributed by atoms with Crippen molar-refractivity contribution < 1.29 is 13.9 Å². The number of rotatable bonds is 6. The summed E-state index contributed by atoms with van der Waals surface area (Å²) in [5.74, 6) is 0.0208. The summed E-state index contributed by atoms with van der Waals surface area (Å²) in [5, 5.41) is 9.88. The summed E-state index contributed by atoms with van der Waals surface area (Å²) in [5.41, 5.74) is 1.15. The summed E-state index contributed by atoms with van der Waals surface area (Å²) in [6, 6.07) is 8.92. The van der Waals surface area contributed by atoms with Gasteiger partial charge in [-0.1, -0.05) is 17.7 Å². The van der Waals surface area contributed by atoms with E-state index in [1.165, 1.54) is 6.20 Å². The minimum absolute atomic E-state index is 0.0736. The molecule has 1 aliphatic rings. The van der Waals surface area contributed by atoms with Gasteiger partial charge in [0.1, 0.15) is 30.2 Å². The number of halogens is 2. The van der Waals surface area contributed by atoms with Crippen LogP contribution in [0.1, 0.15) is 11.1 Å². The highest BCUT2D eigenvalue weighted by molar-refractivity contribution is 6.30. The number of nitriles is 1. The number of benzene rings is 1. The number of aromatic nitrogens is 1. The van der Waals surface area contributed by atoms with Crippen molar-refractivity contribution in [3.05, 3.63) is 52.4 Å². The first-order valence-electron chi connectivity index (χ1n) is 8.95. The average molecular weight is 405 g/mol. The molecular formula is C20H22ClFN4O2. The van der Waals surface area contributed by atoms with E-state index in [0.717, 1.165) is 0 Å². The highest BCUT2D eigenvalue weighted by Crippen LogP contribution is 2.25. The molecule has 0 radical (unpaired) electrons. The first kappa shape index (κ1) is 20.3. The second kappa shape index (κ2) is 9.20. The smallest absolute Gasteiger partial charge is 0.213 e. The van der Waals surface area contributed by atoms with E-state index in [-0.39, 0.29) is 11.7 Å². The molecule has 28 heavy (non-hydrogen) atoms. The van der Waals surface area contributed by atoms with Crippen LogP contribution in [-0.2, 0) is 11.3 Å². The number of nitrogens with zero attached hydrogens (tertiary/aromatic N) is 4. The zero-order valence-corrected chi connectivity index (χ0v) is 16.6. The zero-order chi connectivity index (χ0) is 20.1. The number of ether oxygens (including phenoxy) is 2. The lowest BCUT2D eigenvalue weighted by Gasteiger charge is -2.33.